The molecule has 23 heavy (non-hydrogen) atoms. The van der Waals surface area contributed by atoms with E-state index in [1.165, 1.54) is 10.7 Å². The van der Waals surface area contributed by atoms with Crippen LogP contribution in [0.5, 0.6) is 0 Å². The molecule has 1 atom stereocenters. The van der Waals surface area contributed by atoms with Gasteiger partial charge in [0.2, 0.25) is 5.91 Å². The van der Waals surface area contributed by atoms with E-state index in [9.17, 15) is 4.79 Å². The molecular formula is C18H27N3OS. The summed E-state index contributed by atoms with van der Waals surface area (Å²) in [6.07, 6.45) is 9.46. The zero-order valence-corrected chi connectivity index (χ0v) is 14.9. The Hall–Kier alpha value is -1.20. The molecule has 4 nitrogen and oxygen atoms in total. The lowest BCUT2D eigenvalue weighted by atomic mass is 9.93. The maximum atomic E-state index is 12.7. The van der Waals surface area contributed by atoms with E-state index in [1.807, 2.05) is 0 Å². The molecule has 126 valence electrons. The number of carbonyl (C=O) groups is 1. The van der Waals surface area contributed by atoms with Crippen LogP contribution < -0.4 is 0 Å². The van der Waals surface area contributed by atoms with Gasteiger partial charge in [0.15, 0.2) is 0 Å². The summed E-state index contributed by atoms with van der Waals surface area (Å²) < 4.78 is 0. The zero-order chi connectivity index (χ0) is 16.1. The molecule has 1 aliphatic carbocycles. The first-order valence-electron chi connectivity index (χ1n) is 8.85. The maximum Gasteiger partial charge on any atom is 0.226 e. The lowest BCUT2D eigenvalue weighted by Gasteiger charge is -2.27. The Balaban J connectivity index is 1.52. The summed E-state index contributed by atoms with van der Waals surface area (Å²) in [7, 11) is 0. The van der Waals surface area contributed by atoms with Crippen LogP contribution in [0.3, 0.4) is 0 Å². The molecule has 1 unspecified atom stereocenters. The van der Waals surface area contributed by atoms with Crippen molar-refractivity contribution in [2.75, 3.05) is 26.2 Å². The van der Waals surface area contributed by atoms with Crippen LogP contribution in [0.2, 0.25) is 0 Å². The van der Waals surface area contributed by atoms with Crippen LogP contribution in [-0.4, -0.2) is 46.9 Å². The van der Waals surface area contributed by atoms with Gasteiger partial charge in [-0.1, -0.05) is 19.1 Å². The maximum absolute atomic E-state index is 12.7. The van der Waals surface area contributed by atoms with Crippen molar-refractivity contribution in [2.24, 2.45) is 5.92 Å². The second-order valence-corrected chi connectivity index (χ2v) is 7.47. The van der Waals surface area contributed by atoms with Crippen molar-refractivity contribution < 1.29 is 4.79 Å². The minimum absolute atomic E-state index is 0.220. The van der Waals surface area contributed by atoms with Gasteiger partial charge in [-0.05, 0) is 32.1 Å². The smallest absolute Gasteiger partial charge is 0.226 e. The average Bonchev–Trinajstić information content (AvgIpc) is 2.92. The monoisotopic (exact) mass is 333 g/mol. The molecule has 2 aliphatic rings. The number of thiazole rings is 1. The number of aryl methyl sites for hydroxylation is 1. The number of aromatic nitrogens is 1. The summed E-state index contributed by atoms with van der Waals surface area (Å²) in [6.45, 7) is 6.88. The van der Waals surface area contributed by atoms with E-state index in [0.717, 1.165) is 64.8 Å². The highest BCUT2D eigenvalue weighted by Gasteiger charge is 2.26. The van der Waals surface area contributed by atoms with Gasteiger partial charge < -0.3 is 4.90 Å². The number of rotatable bonds is 4. The van der Waals surface area contributed by atoms with Gasteiger partial charge in [0.1, 0.15) is 0 Å². The Morgan fingerprint density at radius 3 is 2.96 bits per heavy atom. The third kappa shape index (κ3) is 4.42. The van der Waals surface area contributed by atoms with E-state index in [4.69, 9.17) is 0 Å². The van der Waals surface area contributed by atoms with Crippen LogP contribution in [0.4, 0.5) is 0 Å². The van der Waals surface area contributed by atoms with Crippen molar-refractivity contribution in [2.45, 2.75) is 45.6 Å². The topological polar surface area (TPSA) is 36.4 Å². The number of nitrogens with zero attached hydrogens (tertiary/aromatic N) is 3. The van der Waals surface area contributed by atoms with Gasteiger partial charge in [-0.15, -0.1) is 11.3 Å². The zero-order valence-electron chi connectivity index (χ0n) is 14.0. The van der Waals surface area contributed by atoms with Gasteiger partial charge in [0.25, 0.3) is 0 Å². The molecule has 1 saturated heterocycles. The van der Waals surface area contributed by atoms with Crippen molar-refractivity contribution in [3.63, 3.8) is 0 Å². The highest BCUT2D eigenvalue weighted by molar-refractivity contribution is 7.09. The molecule has 0 spiro atoms. The summed E-state index contributed by atoms with van der Waals surface area (Å²) in [5.74, 6) is 0.593. The molecule has 3 rings (SSSR count). The van der Waals surface area contributed by atoms with Crippen LogP contribution in [0, 0.1) is 5.92 Å². The Kier molecular flexibility index (Phi) is 5.84. The molecule has 1 aliphatic heterocycles. The van der Waals surface area contributed by atoms with Crippen LogP contribution in [0.1, 0.15) is 43.3 Å². The fourth-order valence-electron chi connectivity index (χ4n) is 3.44. The molecule has 0 saturated carbocycles. The predicted octanol–water partition coefficient (Wildman–Crippen LogP) is 3.10. The Labute approximate surface area is 143 Å². The molecule has 1 aromatic rings. The lowest BCUT2D eigenvalue weighted by Crippen LogP contribution is -2.39. The summed E-state index contributed by atoms with van der Waals surface area (Å²) in [5, 5.41) is 3.40. The number of hydrogen-bond donors (Lipinski definition) is 0. The van der Waals surface area contributed by atoms with Crippen LogP contribution in [0.15, 0.2) is 17.5 Å². The lowest BCUT2D eigenvalue weighted by molar-refractivity contribution is -0.135. The van der Waals surface area contributed by atoms with Crippen LogP contribution in [-0.2, 0) is 17.8 Å². The molecule has 0 radical (unpaired) electrons. The minimum atomic E-state index is 0.220. The first-order chi connectivity index (χ1) is 11.3. The summed E-state index contributed by atoms with van der Waals surface area (Å²) in [4.78, 5) is 21.9. The fourth-order valence-corrected chi connectivity index (χ4v) is 4.17. The van der Waals surface area contributed by atoms with E-state index in [-0.39, 0.29) is 5.92 Å². The van der Waals surface area contributed by atoms with E-state index in [1.54, 1.807) is 11.3 Å². The number of hydrogen-bond acceptors (Lipinski definition) is 4. The number of carbonyl (C=O) groups excluding carboxylic acids is 1. The highest BCUT2D eigenvalue weighted by atomic mass is 32.1. The summed E-state index contributed by atoms with van der Waals surface area (Å²) in [6, 6.07) is 0. The number of allylic oxidation sites excluding steroid dienone is 2. The molecule has 1 fully saturated rings. The Bertz CT molecular complexity index is 554. The Morgan fingerprint density at radius 2 is 2.22 bits per heavy atom. The van der Waals surface area contributed by atoms with Gasteiger partial charge in [-0.25, -0.2) is 4.98 Å². The van der Waals surface area contributed by atoms with E-state index in [2.05, 4.69) is 39.2 Å². The first kappa shape index (κ1) is 16.7. The normalized spacial score (nSPS) is 23.0. The quantitative estimate of drug-likeness (QED) is 0.795. The third-order valence-electron chi connectivity index (χ3n) is 4.81. The van der Waals surface area contributed by atoms with Crippen LogP contribution >= 0.6 is 11.3 Å². The molecule has 0 aromatic carbocycles. The van der Waals surface area contributed by atoms with Gasteiger partial charge in [0, 0.05) is 44.0 Å². The molecular weight excluding hydrogens is 306 g/mol. The van der Waals surface area contributed by atoms with Crippen molar-refractivity contribution in [1.29, 1.82) is 0 Å². The highest BCUT2D eigenvalue weighted by Crippen LogP contribution is 2.21. The second-order valence-electron chi connectivity index (χ2n) is 6.52. The third-order valence-corrected chi connectivity index (χ3v) is 5.85. The molecule has 0 bridgehead atoms. The average molecular weight is 334 g/mol. The van der Waals surface area contributed by atoms with Crippen molar-refractivity contribution in [3.8, 4) is 0 Å². The summed E-state index contributed by atoms with van der Waals surface area (Å²) >= 11 is 1.76. The van der Waals surface area contributed by atoms with E-state index < -0.39 is 0 Å². The van der Waals surface area contributed by atoms with Gasteiger partial charge in [0.05, 0.1) is 10.7 Å². The van der Waals surface area contributed by atoms with Crippen molar-refractivity contribution in [1.82, 2.24) is 14.8 Å². The largest absolute Gasteiger partial charge is 0.341 e. The number of amides is 1. The van der Waals surface area contributed by atoms with Crippen molar-refractivity contribution >= 4 is 17.2 Å². The SMILES string of the molecule is CCc1nc(CN2CCCN(C(=O)C3CC=CCC3)CC2)cs1. The standard InChI is InChI=1S/C18H27N3OS/c1-2-17-19-16(14-23-17)13-20-9-6-10-21(12-11-20)18(22)15-7-4-3-5-8-15/h3-4,14-15H,2,5-13H2,1H3. The molecule has 1 amide bonds. The minimum Gasteiger partial charge on any atom is -0.341 e. The molecule has 1 aromatic heterocycles. The molecule has 0 N–H and O–H groups in total. The van der Waals surface area contributed by atoms with Crippen molar-refractivity contribution in [3.05, 3.63) is 28.2 Å². The fraction of sp³-hybridized carbons (Fsp3) is 0.667. The van der Waals surface area contributed by atoms with E-state index in [0.29, 0.717) is 5.91 Å². The van der Waals surface area contributed by atoms with Gasteiger partial charge in [-0.2, -0.15) is 0 Å². The van der Waals surface area contributed by atoms with E-state index >= 15 is 0 Å². The Morgan fingerprint density at radius 1 is 1.30 bits per heavy atom. The molecule has 5 heteroatoms. The van der Waals surface area contributed by atoms with Crippen LogP contribution in [0.25, 0.3) is 0 Å². The second kappa shape index (κ2) is 8.06. The predicted molar refractivity (Wildman–Crippen MR) is 94.4 cm³/mol. The first-order valence-corrected chi connectivity index (χ1v) is 9.73. The van der Waals surface area contributed by atoms with Gasteiger partial charge in [-0.3, -0.25) is 9.69 Å². The summed E-state index contributed by atoms with van der Waals surface area (Å²) in [5.41, 5.74) is 1.18. The molecule has 2 heterocycles. The van der Waals surface area contributed by atoms with Gasteiger partial charge >= 0.3 is 0 Å².